The maximum atomic E-state index is 13.3. The molecule has 0 aliphatic carbocycles. The third-order valence-electron chi connectivity index (χ3n) is 9.23. The summed E-state index contributed by atoms with van der Waals surface area (Å²) in [5, 5.41) is 21.4. The van der Waals surface area contributed by atoms with E-state index in [2.05, 4.69) is 12.2 Å². The van der Waals surface area contributed by atoms with Gasteiger partial charge in [-0.1, -0.05) is 110 Å². The standard InChI is InChI=1S/C40H42N2O8S/c1-26-35(25-51-20-19-43)49-39(50-37(26)30-13-11-27(23-44)12-14-30)31-17-15-29(16-18-31)33-10-6-5-9-32(33)22-42-36(45)21-34(38(42)46)41-40(47)48-24-28-7-3-2-4-8-28/h2-18,26,34-35,37,39,43-44H,19-25H2,1H3,(H,41,47)/t26-,34?,35+,37+,39+/m1/s1. The zero-order chi connectivity index (χ0) is 35.7. The minimum Gasteiger partial charge on any atom is -0.445 e. The highest BCUT2D eigenvalue weighted by atomic mass is 32.2. The molecular weight excluding hydrogens is 669 g/mol. The van der Waals surface area contributed by atoms with E-state index < -0.39 is 24.3 Å². The minimum absolute atomic E-state index is 0.0304. The molecule has 2 saturated heterocycles. The number of alkyl carbamates (subject to hydrolysis) is 1. The van der Waals surface area contributed by atoms with Crippen molar-refractivity contribution in [3.63, 3.8) is 0 Å². The summed E-state index contributed by atoms with van der Waals surface area (Å²) in [6.45, 7) is 2.29. The number of imide groups is 1. The Balaban J connectivity index is 1.14. The molecule has 2 fully saturated rings. The van der Waals surface area contributed by atoms with Gasteiger partial charge in [-0.05, 0) is 33.4 Å². The van der Waals surface area contributed by atoms with Crippen molar-refractivity contribution in [2.24, 2.45) is 5.92 Å². The first kappa shape index (κ1) is 36.3. The molecule has 2 heterocycles. The summed E-state index contributed by atoms with van der Waals surface area (Å²) in [6, 6.07) is 31.5. The monoisotopic (exact) mass is 710 g/mol. The van der Waals surface area contributed by atoms with E-state index in [0.29, 0.717) is 11.5 Å². The van der Waals surface area contributed by atoms with Gasteiger partial charge in [0.25, 0.3) is 5.91 Å². The quantitative estimate of drug-likeness (QED) is 0.114. The number of ether oxygens (including phenoxy) is 3. The zero-order valence-electron chi connectivity index (χ0n) is 28.4. The van der Waals surface area contributed by atoms with Gasteiger partial charge in [-0.25, -0.2) is 4.79 Å². The summed E-state index contributed by atoms with van der Waals surface area (Å²) in [5.41, 5.74) is 6.03. The van der Waals surface area contributed by atoms with Crippen LogP contribution in [0.4, 0.5) is 4.79 Å². The first-order valence-electron chi connectivity index (χ1n) is 17.0. The van der Waals surface area contributed by atoms with E-state index in [9.17, 15) is 24.6 Å². The molecule has 266 valence electrons. The van der Waals surface area contributed by atoms with Gasteiger partial charge in [0, 0.05) is 23.0 Å². The van der Waals surface area contributed by atoms with Gasteiger partial charge >= 0.3 is 6.09 Å². The fourth-order valence-electron chi connectivity index (χ4n) is 6.37. The molecule has 0 radical (unpaired) electrons. The second-order valence-corrected chi connectivity index (χ2v) is 13.8. The van der Waals surface area contributed by atoms with Gasteiger partial charge in [-0.15, -0.1) is 0 Å². The van der Waals surface area contributed by atoms with Crippen molar-refractivity contribution in [1.29, 1.82) is 0 Å². The number of carbonyl (C=O) groups excluding carboxylic acids is 3. The molecule has 11 heteroatoms. The Morgan fingerprint density at radius 3 is 2.31 bits per heavy atom. The Hall–Kier alpha value is -4.52. The summed E-state index contributed by atoms with van der Waals surface area (Å²) >= 11 is 1.64. The first-order chi connectivity index (χ1) is 24.8. The van der Waals surface area contributed by atoms with E-state index in [1.54, 1.807) is 11.8 Å². The smallest absolute Gasteiger partial charge is 0.408 e. The number of rotatable bonds is 13. The Labute approximate surface area is 301 Å². The van der Waals surface area contributed by atoms with Gasteiger partial charge < -0.3 is 29.7 Å². The predicted molar refractivity (Wildman–Crippen MR) is 193 cm³/mol. The van der Waals surface area contributed by atoms with E-state index in [0.717, 1.165) is 38.9 Å². The number of aliphatic hydroxyl groups excluding tert-OH is 2. The molecule has 2 aliphatic heterocycles. The van der Waals surface area contributed by atoms with Crippen molar-refractivity contribution in [3.05, 3.63) is 131 Å². The van der Waals surface area contributed by atoms with Crippen LogP contribution in [0.15, 0.2) is 103 Å². The molecule has 51 heavy (non-hydrogen) atoms. The van der Waals surface area contributed by atoms with Crippen LogP contribution in [0.2, 0.25) is 0 Å². The number of likely N-dealkylation sites (tertiary alicyclic amines) is 1. The average Bonchev–Trinajstić information content (AvgIpc) is 3.42. The largest absolute Gasteiger partial charge is 0.445 e. The summed E-state index contributed by atoms with van der Waals surface area (Å²) in [4.78, 5) is 39.9. The molecule has 0 spiro atoms. The van der Waals surface area contributed by atoms with Crippen LogP contribution in [0, 0.1) is 5.92 Å². The lowest BCUT2D eigenvalue weighted by Crippen LogP contribution is -2.41. The first-order valence-corrected chi connectivity index (χ1v) is 18.2. The third-order valence-corrected chi connectivity index (χ3v) is 10.3. The van der Waals surface area contributed by atoms with Crippen molar-refractivity contribution in [3.8, 4) is 11.1 Å². The van der Waals surface area contributed by atoms with Crippen LogP contribution < -0.4 is 5.32 Å². The maximum absolute atomic E-state index is 13.3. The lowest BCUT2D eigenvalue weighted by Gasteiger charge is -2.41. The zero-order valence-corrected chi connectivity index (χ0v) is 29.2. The Morgan fingerprint density at radius 1 is 0.882 bits per heavy atom. The molecule has 0 aromatic heterocycles. The molecule has 6 rings (SSSR count). The number of amides is 3. The van der Waals surface area contributed by atoms with Crippen LogP contribution in [0.3, 0.4) is 0 Å². The van der Waals surface area contributed by atoms with Gasteiger partial charge in [0.2, 0.25) is 5.91 Å². The molecular formula is C40H42N2O8S. The van der Waals surface area contributed by atoms with Gasteiger partial charge in [0.15, 0.2) is 6.29 Å². The number of hydrogen-bond donors (Lipinski definition) is 3. The number of aliphatic hydroxyl groups is 2. The highest BCUT2D eigenvalue weighted by molar-refractivity contribution is 7.99. The lowest BCUT2D eigenvalue weighted by atomic mass is 9.91. The van der Waals surface area contributed by atoms with Crippen LogP contribution in [0.1, 0.15) is 53.6 Å². The van der Waals surface area contributed by atoms with Gasteiger partial charge in [-0.2, -0.15) is 11.8 Å². The third kappa shape index (κ3) is 8.87. The van der Waals surface area contributed by atoms with Gasteiger partial charge in [-0.3, -0.25) is 14.5 Å². The maximum Gasteiger partial charge on any atom is 0.408 e. The van der Waals surface area contributed by atoms with Crippen molar-refractivity contribution < 1.29 is 38.8 Å². The molecule has 3 amide bonds. The number of thioether (sulfide) groups is 1. The van der Waals surface area contributed by atoms with Crippen molar-refractivity contribution in [2.45, 2.75) is 57.6 Å². The Bertz CT molecular complexity index is 1790. The minimum atomic E-state index is -0.993. The number of hydrogen-bond acceptors (Lipinski definition) is 9. The predicted octanol–water partition coefficient (Wildman–Crippen LogP) is 5.92. The van der Waals surface area contributed by atoms with Crippen LogP contribution in [-0.2, 0) is 43.6 Å². The summed E-state index contributed by atoms with van der Waals surface area (Å²) < 4.78 is 18.3. The Kier molecular flexibility index (Phi) is 12.2. The van der Waals surface area contributed by atoms with Crippen LogP contribution in [0.25, 0.3) is 11.1 Å². The highest BCUT2D eigenvalue weighted by Crippen LogP contribution is 2.43. The number of nitrogens with zero attached hydrogens (tertiary/aromatic N) is 1. The van der Waals surface area contributed by atoms with Gasteiger partial charge in [0.05, 0.1) is 38.4 Å². The number of carbonyl (C=O) groups is 3. The highest BCUT2D eigenvalue weighted by Gasteiger charge is 2.40. The van der Waals surface area contributed by atoms with E-state index in [4.69, 9.17) is 14.2 Å². The van der Waals surface area contributed by atoms with Crippen LogP contribution in [0.5, 0.6) is 0 Å². The molecule has 10 nitrogen and oxygen atoms in total. The summed E-state index contributed by atoms with van der Waals surface area (Å²) in [6.07, 6.45) is -1.88. The molecule has 2 aliphatic rings. The molecule has 4 aromatic rings. The number of benzene rings is 4. The molecule has 3 N–H and O–H groups in total. The van der Waals surface area contributed by atoms with Gasteiger partial charge in [0.1, 0.15) is 12.6 Å². The van der Waals surface area contributed by atoms with E-state index >= 15 is 0 Å². The summed E-state index contributed by atoms with van der Waals surface area (Å²) in [5.74, 6) is 0.526. The lowest BCUT2D eigenvalue weighted by molar-refractivity contribution is -0.268. The molecule has 5 atom stereocenters. The second kappa shape index (κ2) is 17.1. The SMILES string of the molecule is C[C@@H]1[C@H](CSCCO)O[C@H](c2ccc(-c3ccccc3CN3C(=O)CC(NC(=O)OCc4ccccc4)C3=O)cc2)O[C@@H]1c1ccc(CO)cc1. The van der Waals surface area contributed by atoms with Crippen molar-refractivity contribution in [2.75, 3.05) is 18.1 Å². The molecule has 0 bridgehead atoms. The van der Waals surface area contributed by atoms with E-state index in [1.165, 1.54) is 4.90 Å². The second-order valence-electron chi connectivity index (χ2n) is 12.7. The van der Waals surface area contributed by atoms with Crippen LogP contribution >= 0.6 is 11.8 Å². The number of nitrogens with one attached hydrogen (secondary N) is 1. The molecule has 4 aromatic carbocycles. The average molecular weight is 711 g/mol. The fourth-order valence-corrected chi connectivity index (χ4v) is 7.28. The van der Waals surface area contributed by atoms with Crippen molar-refractivity contribution >= 4 is 29.7 Å². The fraction of sp³-hybridized carbons (Fsp3) is 0.325. The summed E-state index contributed by atoms with van der Waals surface area (Å²) in [7, 11) is 0. The van der Waals surface area contributed by atoms with E-state index in [1.807, 2.05) is 103 Å². The van der Waals surface area contributed by atoms with E-state index in [-0.39, 0.29) is 56.8 Å². The molecule has 1 unspecified atom stereocenters. The molecule has 0 saturated carbocycles. The normalized spacial score (nSPS) is 21.9. The topological polar surface area (TPSA) is 135 Å². The Morgan fingerprint density at radius 2 is 1.59 bits per heavy atom. The van der Waals surface area contributed by atoms with Crippen molar-refractivity contribution in [1.82, 2.24) is 10.2 Å². The van der Waals surface area contributed by atoms with Crippen LogP contribution in [-0.4, -0.2) is 63.3 Å².